The van der Waals surface area contributed by atoms with Crippen LogP contribution in [0.5, 0.6) is 0 Å². The van der Waals surface area contributed by atoms with Gasteiger partial charge < -0.3 is 9.47 Å². The van der Waals surface area contributed by atoms with Gasteiger partial charge in [0.2, 0.25) is 5.95 Å². The minimum Gasteiger partial charge on any atom is -0.342 e. The van der Waals surface area contributed by atoms with E-state index in [2.05, 4.69) is 16.8 Å². The topological polar surface area (TPSA) is 65.1 Å². The lowest BCUT2D eigenvalue weighted by atomic mass is 10.0. The van der Waals surface area contributed by atoms with Gasteiger partial charge in [-0.15, -0.1) is 0 Å². The van der Waals surface area contributed by atoms with E-state index in [1.165, 1.54) is 15.6 Å². The number of nitrogens with zero attached hydrogens (tertiary/aromatic N) is 5. The van der Waals surface area contributed by atoms with E-state index < -0.39 is 5.69 Å². The number of aryl methyl sites for hydroxylation is 2. The van der Waals surface area contributed by atoms with Gasteiger partial charge in [-0.25, -0.2) is 4.79 Å². The number of imidazole rings is 1. The molecule has 0 radical (unpaired) electrons. The van der Waals surface area contributed by atoms with Crippen molar-refractivity contribution in [1.82, 2.24) is 18.7 Å². The SMILES string of the molecule is CC1CCCN(c2nc3c(c(=O)n(Cc4ccccc4Cl)c(=O)n3C)n2C)C1. The molecule has 4 rings (SSSR count). The molecule has 0 N–H and O–H groups in total. The molecule has 28 heavy (non-hydrogen) atoms. The number of hydrogen-bond acceptors (Lipinski definition) is 4. The molecule has 1 atom stereocenters. The van der Waals surface area contributed by atoms with Crippen LogP contribution in [0, 0.1) is 5.92 Å². The molecule has 1 aromatic carbocycles. The van der Waals surface area contributed by atoms with Crippen LogP contribution in [-0.4, -0.2) is 31.8 Å². The van der Waals surface area contributed by atoms with Crippen molar-refractivity contribution in [3.05, 3.63) is 55.7 Å². The second-order valence-electron chi connectivity index (χ2n) is 7.66. The summed E-state index contributed by atoms with van der Waals surface area (Å²) in [4.78, 5) is 33.0. The molecule has 148 valence electrons. The summed E-state index contributed by atoms with van der Waals surface area (Å²) in [5, 5.41) is 0.532. The minimum atomic E-state index is -0.394. The predicted molar refractivity (Wildman–Crippen MR) is 111 cm³/mol. The van der Waals surface area contributed by atoms with Crippen LogP contribution in [0.15, 0.2) is 33.9 Å². The number of hydrogen-bond donors (Lipinski definition) is 0. The first-order valence-electron chi connectivity index (χ1n) is 9.53. The van der Waals surface area contributed by atoms with Crippen molar-refractivity contribution in [1.29, 1.82) is 0 Å². The van der Waals surface area contributed by atoms with E-state index in [9.17, 15) is 9.59 Å². The molecular weight excluding hydrogens is 378 g/mol. The highest BCUT2D eigenvalue weighted by atomic mass is 35.5. The summed E-state index contributed by atoms with van der Waals surface area (Å²) in [6, 6.07) is 7.24. The molecule has 0 bridgehead atoms. The standard InChI is InChI=1S/C20H24ClN5O2/c1-13-7-6-10-25(11-13)19-22-17-16(23(19)2)18(27)26(20(28)24(17)3)12-14-8-4-5-9-15(14)21/h4-5,8-9,13H,6-7,10-12H2,1-3H3. The molecule has 1 unspecified atom stereocenters. The van der Waals surface area contributed by atoms with E-state index >= 15 is 0 Å². The molecule has 1 aliphatic rings. The van der Waals surface area contributed by atoms with Gasteiger partial charge in [0, 0.05) is 32.2 Å². The van der Waals surface area contributed by atoms with Gasteiger partial charge in [0.25, 0.3) is 5.56 Å². The van der Waals surface area contributed by atoms with Crippen LogP contribution in [-0.2, 0) is 20.6 Å². The van der Waals surface area contributed by atoms with Gasteiger partial charge in [0.15, 0.2) is 11.2 Å². The van der Waals surface area contributed by atoms with Crippen molar-refractivity contribution in [2.45, 2.75) is 26.3 Å². The molecule has 3 heterocycles. The first-order valence-corrected chi connectivity index (χ1v) is 9.91. The molecular formula is C20H24ClN5O2. The van der Waals surface area contributed by atoms with Crippen LogP contribution < -0.4 is 16.1 Å². The van der Waals surface area contributed by atoms with Crippen LogP contribution in [0.4, 0.5) is 5.95 Å². The number of anilines is 1. The molecule has 1 saturated heterocycles. The third-order valence-electron chi connectivity index (χ3n) is 5.56. The Morgan fingerprint density at radius 2 is 1.93 bits per heavy atom. The number of piperidine rings is 1. The Balaban J connectivity index is 1.88. The van der Waals surface area contributed by atoms with Gasteiger partial charge in [0.1, 0.15) is 0 Å². The molecule has 1 fully saturated rings. The van der Waals surface area contributed by atoms with Gasteiger partial charge in [-0.05, 0) is 30.4 Å². The van der Waals surface area contributed by atoms with E-state index in [1.54, 1.807) is 13.1 Å². The van der Waals surface area contributed by atoms with Gasteiger partial charge in [-0.2, -0.15) is 4.98 Å². The van der Waals surface area contributed by atoms with Crippen LogP contribution in [0.2, 0.25) is 5.02 Å². The lowest BCUT2D eigenvalue weighted by molar-refractivity contribution is 0.440. The Labute approximate surface area is 167 Å². The van der Waals surface area contributed by atoms with Gasteiger partial charge in [-0.1, -0.05) is 36.7 Å². The Kier molecular flexibility index (Phi) is 4.79. The molecule has 0 saturated carbocycles. The van der Waals surface area contributed by atoms with Crippen LogP contribution in [0.1, 0.15) is 25.3 Å². The van der Waals surface area contributed by atoms with Gasteiger partial charge >= 0.3 is 5.69 Å². The highest BCUT2D eigenvalue weighted by molar-refractivity contribution is 6.31. The predicted octanol–water partition coefficient (Wildman–Crippen LogP) is 2.37. The summed E-state index contributed by atoms with van der Waals surface area (Å²) >= 11 is 6.24. The fourth-order valence-electron chi connectivity index (χ4n) is 4.02. The third kappa shape index (κ3) is 3.03. The molecule has 1 aliphatic heterocycles. The zero-order valence-corrected chi connectivity index (χ0v) is 17.1. The van der Waals surface area contributed by atoms with Crippen molar-refractivity contribution in [2.75, 3.05) is 18.0 Å². The van der Waals surface area contributed by atoms with Crippen LogP contribution in [0.25, 0.3) is 11.2 Å². The minimum absolute atomic E-state index is 0.127. The zero-order chi connectivity index (χ0) is 20.0. The fourth-order valence-corrected chi connectivity index (χ4v) is 4.22. The Hall–Kier alpha value is -2.54. The first-order chi connectivity index (χ1) is 13.4. The van der Waals surface area contributed by atoms with Crippen molar-refractivity contribution >= 4 is 28.7 Å². The second-order valence-corrected chi connectivity index (χ2v) is 8.07. The summed E-state index contributed by atoms with van der Waals surface area (Å²) in [5.74, 6) is 1.32. The Morgan fingerprint density at radius 3 is 2.64 bits per heavy atom. The second kappa shape index (κ2) is 7.13. The van der Waals surface area contributed by atoms with Crippen LogP contribution in [0.3, 0.4) is 0 Å². The van der Waals surface area contributed by atoms with E-state index in [1.807, 2.05) is 29.8 Å². The first kappa shape index (κ1) is 18.8. The van der Waals surface area contributed by atoms with Crippen molar-refractivity contribution in [2.24, 2.45) is 20.0 Å². The Bertz CT molecular complexity index is 1160. The number of fused-ring (bicyclic) bond motifs is 1. The maximum atomic E-state index is 13.2. The van der Waals surface area contributed by atoms with Gasteiger partial charge in [-0.3, -0.25) is 13.9 Å². The lowest BCUT2D eigenvalue weighted by Crippen LogP contribution is -2.40. The number of rotatable bonds is 3. The lowest BCUT2D eigenvalue weighted by Gasteiger charge is -2.31. The smallest absolute Gasteiger partial charge is 0.332 e. The molecule has 2 aromatic heterocycles. The van der Waals surface area contributed by atoms with E-state index in [4.69, 9.17) is 11.6 Å². The zero-order valence-electron chi connectivity index (χ0n) is 16.4. The third-order valence-corrected chi connectivity index (χ3v) is 5.93. The summed E-state index contributed by atoms with van der Waals surface area (Å²) in [7, 11) is 3.50. The number of aromatic nitrogens is 4. The average molecular weight is 402 g/mol. The van der Waals surface area contributed by atoms with Crippen molar-refractivity contribution < 1.29 is 0 Å². The molecule has 7 nitrogen and oxygen atoms in total. The maximum absolute atomic E-state index is 13.2. The average Bonchev–Trinajstić information content (AvgIpc) is 3.02. The van der Waals surface area contributed by atoms with Crippen LogP contribution >= 0.6 is 11.6 Å². The normalized spacial score (nSPS) is 17.4. The van der Waals surface area contributed by atoms with Crippen molar-refractivity contribution in [3.8, 4) is 0 Å². The van der Waals surface area contributed by atoms with Gasteiger partial charge in [0.05, 0.1) is 6.54 Å². The highest BCUT2D eigenvalue weighted by Gasteiger charge is 2.24. The summed E-state index contributed by atoms with van der Waals surface area (Å²) < 4.78 is 4.50. The van der Waals surface area contributed by atoms with E-state index in [0.29, 0.717) is 22.1 Å². The maximum Gasteiger partial charge on any atom is 0.332 e. The number of halogens is 1. The molecule has 0 spiro atoms. The molecule has 0 amide bonds. The van der Waals surface area contributed by atoms with E-state index in [-0.39, 0.29) is 12.1 Å². The molecule has 8 heteroatoms. The summed E-state index contributed by atoms with van der Waals surface area (Å²) in [6.07, 6.45) is 2.30. The summed E-state index contributed by atoms with van der Waals surface area (Å²) in [6.45, 7) is 4.16. The molecule has 0 aliphatic carbocycles. The molecule has 3 aromatic rings. The summed E-state index contributed by atoms with van der Waals surface area (Å²) in [5.41, 5.74) is 0.844. The quantitative estimate of drug-likeness (QED) is 0.675. The number of benzene rings is 1. The monoisotopic (exact) mass is 401 g/mol. The fraction of sp³-hybridized carbons (Fsp3) is 0.450. The Morgan fingerprint density at radius 1 is 1.18 bits per heavy atom. The largest absolute Gasteiger partial charge is 0.342 e. The highest BCUT2D eigenvalue weighted by Crippen LogP contribution is 2.24. The van der Waals surface area contributed by atoms with Crippen molar-refractivity contribution in [3.63, 3.8) is 0 Å². The van der Waals surface area contributed by atoms with E-state index in [0.717, 1.165) is 31.0 Å².